The molecule has 3 rings (SSSR count). The van der Waals surface area contributed by atoms with Crippen LogP contribution in [0.15, 0.2) is 71.1 Å². The minimum Gasteiger partial charge on any atom is -0.503 e. The summed E-state index contributed by atoms with van der Waals surface area (Å²) in [5.41, 5.74) is 0.639. The second-order valence-electron chi connectivity index (χ2n) is 5.56. The zero-order valence-corrected chi connectivity index (χ0v) is 13.6. The molecule has 1 unspecified atom stereocenters. The standard InChI is InChI=1S/C19H17NO5/c1-3-9-24-13-7-4-6-12(11-13)16-15(18(22)19(23)20(16)2)17(21)14-8-5-10-25-14/h3-8,10-11,16,22H,1,9H2,2H3. The van der Waals surface area contributed by atoms with Crippen LogP contribution in [0.2, 0.25) is 0 Å². The van der Waals surface area contributed by atoms with Crippen molar-refractivity contribution in [3.8, 4) is 5.75 Å². The van der Waals surface area contributed by atoms with Crippen molar-refractivity contribution < 1.29 is 23.8 Å². The van der Waals surface area contributed by atoms with Gasteiger partial charge in [-0.3, -0.25) is 9.59 Å². The fourth-order valence-corrected chi connectivity index (χ4v) is 2.81. The van der Waals surface area contributed by atoms with Crippen molar-refractivity contribution in [1.82, 2.24) is 4.90 Å². The topological polar surface area (TPSA) is 80.0 Å². The zero-order valence-electron chi connectivity index (χ0n) is 13.6. The van der Waals surface area contributed by atoms with Gasteiger partial charge in [-0.1, -0.05) is 24.8 Å². The second kappa shape index (κ2) is 6.68. The molecule has 1 amide bonds. The van der Waals surface area contributed by atoms with Gasteiger partial charge in [-0.25, -0.2) is 0 Å². The maximum absolute atomic E-state index is 12.7. The van der Waals surface area contributed by atoms with E-state index in [4.69, 9.17) is 9.15 Å². The van der Waals surface area contributed by atoms with E-state index >= 15 is 0 Å². The lowest BCUT2D eigenvalue weighted by atomic mass is 9.95. The number of aliphatic hydroxyl groups excluding tert-OH is 1. The van der Waals surface area contributed by atoms with Gasteiger partial charge in [0.05, 0.1) is 17.9 Å². The number of rotatable bonds is 6. The van der Waals surface area contributed by atoms with Crippen LogP contribution in [0.5, 0.6) is 5.75 Å². The lowest BCUT2D eigenvalue weighted by Gasteiger charge is -2.22. The summed E-state index contributed by atoms with van der Waals surface area (Å²) in [6.45, 7) is 3.93. The molecule has 2 aromatic rings. The lowest BCUT2D eigenvalue weighted by molar-refractivity contribution is -0.128. The number of furan rings is 1. The first-order valence-electron chi connectivity index (χ1n) is 7.66. The smallest absolute Gasteiger partial charge is 0.289 e. The van der Waals surface area contributed by atoms with Gasteiger partial charge in [-0.15, -0.1) is 0 Å². The minimum atomic E-state index is -0.725. The maximum atomic E-state index is 12.7. The summed E-state index contributed by atoms with van der Waals surface area (Å²) < 4.78 is 10.6. The van der Waals surface area contributed by atoms with Crippen LogP contribution in [0.1, 0.15) is 22.2 Å². The Morgan fingerprint density at radius 3 is 2.88 bits per heavy atom. The summed E-state index contributed by atoms with van der Waals surface area (Å²) in [6, 6.07) is 9.36. The van der Waals surface area contributed by atoms with Gasteiger partial charge in [-0.05, 0) is 29.8 Å². The Bertz CT molecular complexity index is 850. The Labute approximate surface area is 144 Å². The highest BCUT2D eigenvalue weighted by atomic mass is 16.5. The van der Waals surface area contributed by atoms with Crippen LogP contribution < -0.4 is 4.74 Å². The Morgan fingerprint density at radius 2 is 2.20 bits per heavy atom. The van der Waals surface area contributed by atoms with Gasteiger partial charge in [0.1, 0.15) is 12.4 Å². The van der Waals surface area contributed by atoms with E-state index in [2.05, 4.69) is 6.58 Å². The molecule has 128 valence electrons. The number of carbonyl (C=O) groups is 2. The number of likely N-dealkylation sites (N-methyl/N-ethyl adjacent to an activating group) is 1. The molecule has 1 aliphatic heterocycles. The second-order valence-corrected chi connectivity index (χ2v) is 5.56. The SMILES string of the molecule is C=CCOc1cccc(C2C(C(=O)c3ccco3)=C(O)C(=O)N2C)c1. The summed E-state index contributed by atoms with van der Waals surface area (Å²) in [5, 5.41) is 10.2. The number of nitrogens with zero attached hydrogens (tertiary/aromatic N) is 1. The Morgan fingerprint density at radius 1 is 1.40 bits per heavy atom. The highest BCUT2D eigenvalue weighted by Gasteiger charge is 2.42. The number of ketones is 1. The van der Waals surface area contributed by atoms with Gasteiger partial charge < -0.3 is 19.2 Å². The molecular formula is C19H17NO5. The molecule has 0 aliphatic carbocycles. The van der Waals surface area contributed by atoms with E-state index in [0.29, 0.717) is 17.9 Å². The molecule has 1 N–H and O–H groups in total. The van der Waals surface area contributed by atoms with Gasteiger partial charge in [0.2, 0.25) is 5.78 Å². The predicted octanol–water partition coefficient (Wildman–Crippen LogP) is 3.05. The fourth-order valence-electron chi connectivity index (χ4n) is 2.81. The molecule has 1 atom stereocenters. The lowest BCUT2D eigenvalue weighted by Crippen LogP contribution is -2.26. The molecular weight excluding hydrogens is 322 g/mol. The molecule has 1 aliphatic rings. The maximum Gasteiger partial charge on any atom is 0.289 e. The average Bonchev–Trinajstić information content (AvgIpc) is 3.23. The third-order valence-corrected chi connectivity index (χ3v) is 3.97. The summed E-state index contributed by atoms with van der Waals surface area (Å²) in [7, 11) is 1.53. The van der Waals surface area contributed by atoms with Crippen LogP contribution in [-0.4, -0.2) is 35.4 Å². The molecule has 0 radical (unpaired) electrons. The van der Waals surface area contributed by atoms with E-state index in [1.165, 1.54) is 24.3 Å². The van der Waals surface area contributed by atoms with Gasteiger partial charge in [0, 0.05) is 7.05 Å². The normalized spacial score (nSPS) is 17.1. The third-order valence-electron chi connectivity index (χ3n) is 3.97. The Balaban J connectivity index is 2.02. The summed E-state index contributed by atoms with van der Waals surface area (Å²) >= 11 is 0. The highest BCUT2D eigenvalue weighted by molar-refractivity contribution is 6.14. The van der Waals surface area contributed by atoms with E-state index in [9.17, 15) is 14.7 Å². The van der Waals surface area contributed by atoms with Crippen molar-refractivity contribution >= 4 is 11.7 Å². The number of hydrogen-bond acceptors (Lipinski definition) is 5. The summed E-state index contributed by atoms with van der Waals surface area (Å²) in [6.07, 6.45) is 2.99. The van der Waals surface area contributed by atoms with Crippen LogP contribution in [0, 0.1) is 0 Å². The molecule has 6 heteroatoms. The van der Waals surface area contributed by atoms with Gasteiger partial charge in [0.25, 0.3) is 5.91 Å². The number of Topliss-reactive ketones (excluding diaryl/α,β-unsaturated/α-hetero) is 1. The predicted molar refractivity (Wildman–Crippen MR) is 90.3 cm³/mol. The number of carbonyl (C=O) groups excluding carboxylic acids is 2. The number of hydrogen-bond donors (Lipinski definition) is 1. The molecule has 6 nitrogen and oxygen atoms in total. The van der Waals surface area contributed by atoms with Gasteiger partial charge in [-0.2, -0.15) is 0 Å². The first kappa shape index (κ1) is 16.6. The first-order chi connectivity index (χ1) is 12.0. The summed E-state index contributed by atoms with van der Waals surface area (Å²) in [4.78, 5) is 26.3. The van der Waals surface area contributed by atoms with Crippen LogP contribution in [0.25, 0.3) is 0 Å². The quantitative estimate of drug-likeness (QED) is 0.646. The molecule has 0 saturated carbocycles. The fraction of sp³-hybridized carbons (Fsp3) is 0.158. The molecule has 0 spiro atoms. The van der Waals surface area contributed by atoms with Crippen molar-refractivity contribution in [3.05, 3.63) is 78.0 Å². The number of aliphatic hydroxyl groups is 1. The average molecular weight is 339 g/mol. The number of amides is 1. The highest BCUT2D eigenvalue weighted by Crippen LogP contribution is 2.38. The van der Waals surface area contributed by atoms with E-state index in [0.717, 1.165) is 0 Å². The Kier molecular flexibility index (Phi) is 4.43. The van der Waals surface area contributed by atoms with Crippen molar-refractivity contribution in [3.63, 3.8) is 0 Å². The Hall–Kier alpha value is -3.28. The molecule has 0 fully saturated rings. The van der Waals surface area contributed by atoms with Crippen LogP contribution in [0.4, 0.5) is 0 Å². The van der Waals surface area contributed by atoms with E-state index in [1.54, 1.807) is 36.4 Å². The van der Waals surface area contributed by atoms with E-state index in [-0.39, 0.29) is 11.3 Å². The minimum absolute atomic E-state index is 0.0108. The van der Waals surface area contributed by atoms with E-state index in [1.807, 2.05) is 0 Å². The van der Waals surface area contributed by atoms with Crippen molar-refractivity contribution in [2.45, 2.75) is 6.04 Å². The summed E-state index contributed by atoms with van der Waals surface area (Å²) in [5.74, 6) is -1.06. The van der Waals surface area contributed by atoms with Crippen molar-refractivity contribution in [2.24, 2.45) is 0 Å². The van der Waals surface area contributed by atoms with Crippen molar-refractivity contribution in [1.29, 1.82) is 0 Å². The van der Waals surface area contributed by atoms with E-state index < -0.39 is 23.5 Å². The molecule has 0 saturated heterocycles. The molecule has 25 heavy (non-hydrogen) atoms. The molecule has 1 aromatic carbocycles. The monoisotopic (exact) mass is 339 g/mol. The zero-order chi connectivity index (χ0) is 18.0. The molecule has 2 heterocycles. The van der Waals surface area contributed by atoms with Crippen molar-refractivity contribution in [2.75, 3.05) is 13.7 Å². The molecule has 0 bridgehead atoms. The molecule has 1 aromatic heterocycles. The van der Waals surface area contributed by atoms with Crippen LogP contribution >= 0.6 is 0 Å². The number of ether oxygens (including phenoxy) is 1. The first-order valence-corrected chi connectivity index (χ1v) is 7.66. The van der Waals surface area contributed by atoms with Gasteiger partial charge in [0.15, 0.2) is 11.5 Å². The van der Waals surface area contributed by atoms with Crippen LogP contribution in [0.3, 0.4) is 0 Å². The van der Waals surface area contributed by atoms with Crippen LogP contribution in [-0.2, 0) is 4.79 Å². The number of benzene rings is 1. The third kappa shape index (κ3) is 2.94. The largest absolute Gasteiger partial charge is 0.503 e. The van der Waals surface area contributed by atoms with Gasteiger partial charge >= 0.3 is 0 Å².